The van der Waals surface area contributed by atoms with E-state index in [1.165, 1.54) is 0 Å². The first kappa shape index (κ1) is 20.7. The third-order valence-electron chi connectivity index (χ3n) is 5.31. The average molecular weight is 450 g/mol. The van der Waals surface area contributed by atoms with E-state index in [0.29, 0.717) is 16.3 Å². The summed E-state index contributed by atoms with van der Waals surface area (Å²) in [5.41, 5.74) is 6.05. The summed E-state index contributed by atoms with van der Waals surface area (Å²) >= 11 is 6.01. The lowest BCUT2D eigenvalue weighted by Crippen LogP contribution is -2.12. The molecule has 0 radical (unpaired) electrons. The number of hydrogen-bond acceptors (Lipinski definition) is 2. The molecule has 0 saturated heterocycles. The van der Waals surface area contributed by atoms with Gasteiger partial charge in [0.2, 0.25) is 0 Å². The fraction of sp³-hybridized carbons (Fsp3) is 0. The summed E-state index contributed by atoms with van der Waals surface area (Å²) in [4.78, 5) is 12.7. The maximum absolute atomic E-state index is 12.7. The van der Waals surface area contributed by atoms with Crippen LogP contribution in [0.1, 0.15) is 10.4 Å². The number of hydrogen-bond donors (Lipinski definition) is 1. The minimum absolute atomic E-state index is 0.197. The molecule has 5 aromatic rings. The Balaban J connectivity index is 1.48. The molecule has 0 aliphatic carbocycles. The molecular formula is C28H20ClN3O. The molecule has 0 aliphatic heterocycles. The van der Waals surface area contributed by atoms with Crippen LogP contribution >= 0.6 is 11.6 Å². The zero-order valence-electron chi connectivity index (χ0n) is 17.7. The fourth-order valence-corrected chi connectivity index (χ4v) is 3.86. The summed E-state index contributed by atoms with van der Waals surface area (Å²) < 4.78 is 1.91. The van der Waals surface area contributed by atoms with Gasteiger partial charge < -0.3 is 5.32 Å². The highest BCUT2D eigenvalue weighted by molar-refractivity contribution is 6.31. The van der Waals surface area contributed by atoms with E-state index in [9.17, 15) is 4.79 Å². The predicted molar refractivity (Wildman–Crippen MR) is 134 cm³/mol. The van der Waals surface area contributed by atoms with Crippen molar-refractivity contribution >= 4 is 23.2 Å². The highest BCUT2D eigenvalue weighted by Gasteiger charge is 2.14. The quantitative estimate of drug-likeness (QED) is 0.310. The zero-order chi connectivity index (χ0) is 22.6. The zero-order valence-corrected chi connectivity index (χ0v) is 18.4. The van der Waals surface area contributed by atoms with E-state index < -0.39 is 0 Å². The van der Waals surface area contributed by atoms with E-state index in [2.05, 4.69) is 23.5 Å². The molecule has 0 bridgehead atoms. The second kappa shape index (κ2) is 9.15. The van der Waals surface area contributed by atoms with Gasteiger partial charge in [-0.2, -0.15) is 5.10 Å². The standard InChI is InChI=1S/C28H20ClN3O/c29-23-12-7-13-24(18-23)30-28(33)22-14-16-25(17-15-22)32-27(21-10-5-2-6-11-21)19-26(31-32)20-8-3-1-4-9-20/h1-19H,(H,30,33). The SMILES string of the molecule is O=C(Nc1cccc(Cl)c1)c1ccc(-n2nc(-c3ccccc3)cc2-c2ccccc2)cc1. The lowest BCUT2D eigenvalue weighted by atomic mass is 10.1. The summed E-state index contributed by atoms with van der Waals surface area (Å²) in [5, 5.41) is 8.33. The number of nitrogens with one attached hydrogen (secondary N) is 1. The van der Waals surface area contributed by atoms with E-state index in [0.717, 1.165) is 28.2 Å². The smallest absolute Gasteiger partial charge is 0.255 e. The van der Waals surface area contributed by atoms with Gasteiger partial charge >= 0.3 is 0 Å². The molecule has 4 nitrogen and oxygen atoms in total. The molecule has 0 atom stereocenters. The first-order chi connectivity index (χ1) is 16.2. The first-order valence-electron chi connectivity index (χ1n) is 10.6. The number of rotatable bonds is 5. The number of benzene rings is 4. The molecule has 5 rings (SSSR count). The van der Waals surface area contributed by atoms with Gasteiger partial charge in [0.1, 0.15) is 0 Å². The van der Waals surface area contributed by atoms with Crippen LogP contribution < -0.4 is 5.32 Å². The Morgan fingerprint density at radius 3 is 2.06 bits per heavy atom. The van der Waals surface area contributed by atoms with Gasteiger partial charge in [0.25, 0.3) is 5.91 Å². The predicted octanol–water partition coefficient (Wildman–Crippen LogP) is 7.11. The second-order valence-electron chi connectivity index (χ2n) is 7.57. The van der Waals surface area contributed by atoms with Gasteiger partial charge in [-0.25, -0.2) is 4.68 Å². The summed E-state index contributed by atoms with van der Waals surface area (Å²) in [5.74, 6) is -0.197. The van der Waals surface area contributed by atoms with Crippen LogP contribution in [-0.4, -0.2) is 15.7 Å². The highest BCUT2D eigenvalue weighted by Crippen LogP contribution is 2.29. The molecule has 0 unspecified atom stereocenters. The van der Waals surface area contributed by atoms with Crippen LogP contribution in [0.25, 0.3) is 28.2 Å². The molecule has 0 spiro atoms. The Bertz CT molecular complexity index is 1390. The van der Waals surface area contributed by atoms with E-state index >= 15 is 0 Å². The molecule has 4 aromatic carbocycles. The van der Waals surface area contributed by atoms with Crippen molar-refractivity contribution in [3.63, 3.8) is 0 Å². The van der Waals surface area contributed by atoms with Crippen LogP contribution in [0.5, 0.6) is 0 Å². The van der Waals surface area contributed by atoms with E-state index in [4.69, 9.17) is 16.7 Å². The minimum atomic E-state index is -0.197. The second-order valence-corrected chi connectivity index (χ2v) is 8.01. The van der Waals surface area contributed by atoms with Gasteiger partial charge in [-0.15, -0.1) is 0 Å². The van der Waals surface area contributed by atoms with E-state index in [1.54, 1.807) is 36.4 Å². The number of anilines is 1. The molecule has 160 valence electrons. The van der Waals surface area contributed by atoms with Crippen molar-refractivity contribution in [1.29, 1.82) is 0 Å². The fourth-order valence-electron chi connectivity index (χ4n) is 3.67. The van der Waals surface area contributed by atoms with Crippen LogP contribution in [0.4, 0.5) is 5.69 Å². The first-order valence-corrected chi connectivity index (χ1v) is 10.9. The van der Waals surface area contributed by atoms with Crippen LogP contribution in [0, 0.1) is 0 Å². The summed E-state index contributed by atoms with van der Waals surface area (Å²) in [6, 6.07) is 36.8. The lowest BCUT2D eigenvalue weighted by molar-refractivity contribution is 0.102. The molecule has 1 amide bonds. The van der Waals surface area contributed by atoms with Crippen molar-refractivity contribution in [1.82, 2.24) is 9.78 Å². The number of halogens is 1. The third-order valence-corrected chi connectivity index (χ3v) is 5.54. The number of amides is 1. The number of nitrogens with zero attached hydrogens (tertiary/aromatic N) is 2. The highest BCUT2D eigenvalue weighted by atomic mass is 35.5. The van der Waals surface area contributed by atoms with Crippen molar-refractivity contribution in [2.24, 2.45) is 0 Å². The molecular weight excluding hydrogens is 430 g/mol. The summed E-state index contributed by atoms with van der Waals surface area (Å²) in [7, 11) is 0. The van der Waals surface area contributed by atoms with E-state index in [1.807, 2.05) is 65.3 Å². The molecule has 0 saturated carbocycles. The van der Waals surface area contributed by atoms with Crippen LogP contribution in [0.3, 0.4) is 0 Å². The third kappa shape index (κ3) is 4.56. The van der Waals surface area contributed by atoms with Crippen molar-refractivity contribution in [2.75, 3.05) is 5.32 Å². The monoisotopic (exact) mass is 449 g/mol. The lowest BCUT2D eigenvalue weighted by Gasteiger charge is -2.09. The largest absolute Gasteiger partial charge is 0.322 e. The van der Waals surface area contributed by atoms with Gasteiger partial charge in [-0.3, -0.25) is 4.79 Å². The van der Waals surface area contributed by atoms with Crippen molar-refractivity contribution in [3.05, 3.63) is 126 Å². The molecule has 1 N–H and O–H groups in total. The Kier molecular flexibility index (Phi) is 5.75. The molecule has 0 aliphatic rings. The maximum Gasteiger partial charge on any atom is 0.255 e. The van der Waals surface area contributed by atoms with Crippen LogP contribution in [0.2, 0.25) is 5.02 Å². The summed E-state index contributed by atoms with van der Waals surface area (Å²) in [6.07, 6.45) is 0. The number of carbonyl (C=O) groups excluding carboxylic acids is 1. The van der Waals surface area contributed by atoms with Crippen LogP contribution in [0.15, 0.2) is 115 Å². The summed E-state index contributed by atoms with van der Waals surface area (Å²) in [6.45, 7) is 0. The van der Waals surface area contributed by atoms with Gasteiger partial charge in [0, 0.05) is 27.4 Å². The normalized spacial score (nSPS) is 10.7. The maximum atomic E-state index is 12.7. The molecule has 33 heavy (non-hydrogen) atoms. The van der Waals surface area contributed by atoms with Gasteiger partial charge in [-0.05, 0) is 48.5 Å². The topological polar surface area (TPSA) is 46.9 Å². The molecule has 5 heteroatoms. The number of aromatic nitrogens is 2. The average Bonchev–Trinajstić information content (AvgIpc) is 3.31. The van der Waals surface area contributed by atoms with Crippen molar-refractivity contribution in [2.45, 2.75) is 0 Å². The van der Waals surface area contributed by atoms with Crippen LogP contribution in [-0.2, 0) is 0 Å². The molecule has 1 aromatic heterocycles. The van der Waals surface area contributed by atoms with Crippen molar-refractivity contribution in [3.8, 4) is 28.2 Å². The Morgan fingerprint density at radius 2 is 1.39 bits per heavy atom. The molecule has 1 heterocycles. The molecule has 0 fully saturated rings. The van der Waals surface area contributed by atoms with Gasteiger partial charge in [0.15, 0.2) is 0 Å². The van der Waals surface area contributed by atoms with Gasteiger partial charge in [0.05, 0.1) is 17.1 Å². The Labute approximate surface area is 197 Å². The Hall–Kier alpha value is -4.15. The minimum Gasteiger partial charge on any atom is -0.322 e. The van der Waals surface area contributed by atoms with E-state index in [-0.39, 0.29) is 5.91 Å². The Morgan fingerprint density at radius 1 is 0.727 bits per heavy atom. The number of carbonyl (C=O) groups is 1. The van der Waals surface area contributed by atoms with Gasteiger partial charge in [-0.1, -0.05) is 78.3 Å². The van der Waals surface area contributed by atoms with Crippen molar-refractivity contribution < 1.29 is 4.79 Å².